The number of rotatable bonds is 3. The lowest BCUT2D eigenvalue weighted by molar-refractivity contribution is -0.124. The summed E-state index contributed by atoms with van der Waals surface area (Å²) in [6.07, 6.45) is 4.85. The van der Waals surface area contributed by atoms with Crippen LogP contribution < -0.4 is 0 Å². The second-order valence-corrected chi connectivity index (χ2v) is 6.44. The minimum atomic E-state index is -0.398. The van der Waals surface area contributed by atoms with Crippen molar-refractivity contribution in [1.29, 1.82) is 0 Å². The normalized spacial score (nSPS) is 21.9. The molecule has 22 heavy (non-hydrogen) atoms. The molecular formula is C16H17FN2O2S. The molecule has 2 aliphatic rings. The van der Waals surface area contributed by atoms with Gasteiger partial charge in [0.05, 0.1) is 11.6 Å². The average molecular weight is 320 g/mol. The predicted octanol–water partition coefficient (Wildman–Crippen LogP) is 3.31. The molecule has 1 aromatic rings. The lowest BCUT2D eigenvalue weighted by Gasteiger charge is -2.29. The minimum absolute atomic E-state index is 0.279. The highest BCUT2D eigenvalue weighted by molar-refractivity contribution is 8.18. The summed E-state index contributed by atoms with van der Waals surface area (Å²) >= 11 is 0.879. The molecule has 0 radical (unpaired) electrons. The molecule has 0 bridgehead atoms. The lowest BCUT2D eigenvalue weighted by Crippen LogP contribution is -2.42. The van der Waals surface area contributed by atoms with Gasteiger partial charge in [0.1, 0.15) is 5.82 Å². The number of nitrogens with zero attached hydrogens (tertiary/aromatic N) is 2. The van der Waals surface area contributed by atoms with Gasteiger partial charge in [-0.3, -0.25) is 19.4 Å². The van der Waals surface area contributed by atoms with Crippen molar-refractivity contribution in [3.8, 4) is 0 Å². The molecule has 0 unspecified atom stereocenters. The van der Waals surface area contributed by atoms with Gasteiger partial charge in [0.25, 0.3) is 11.1 Å². The first-order chi connectivity index (χ1) is 10.6. The number of carbonyl (C=O) groups is 2. The molecule has 2 saturated heterocycles. The molecule has 2 fully saturated rings. The van der Waals surface area contributed by atoms with Crippen molar-refractivity contribution in [3.05, 3.63) is 40.6 Å². The van der Waals surface area contributed by atoms with Crippen molar-refractivity contribution in [2.75, 3.05) is 19.8 Å². The highest BCUT2D eigenvalue weighted by atomic mass is 32.2. The van der Waals surface area contributed by atoms with Crippen molar-refractivity contribution in [2.45, 2.75) is 19.3 Å². The fourth-order valence-electron chi connectivity index (χ4n) is 2.66. The smallest absolute Gasteiger partial charge is 0.286 e. The topological polar surface area (TPSA) is 40.6 Å². The third-order valence-electron chi connectivity index (χ3n) is 3.86. The summed E-state index contributed by atoms with van der Waals surface area (Å²) in [5, 5.41) is -0.279. The van der Waals surface area contributed by atoms with Gasteiger partial charge in [-0.25, -0.2) is 4.39 Å². The van der Waals surface area contributed by atoms with Gasteiger partial charge in [0, 0.05) is 5.56 Å². The molecule has 2 amide bonds. The number of piperidine rings is 1. The summed E-state index contributed by atoms with van der Waals surface area (Å²) in [5.74, 6) is -0.728. The average Bonchev–Trinajstić information content (AvgIpc) is 2.78. The van der Waals surface area contributed by atoms with Gasteiger partial charge < -0.3 is 0 Å². The summed E-state index contributed by atoms with van der Waals surface area (Å²) in [4.78, 5) is 28.1. The number of benzene rings is 1. The zero-order valence-electron chi connectivity index (χ0n) is 12.1. The molecule has 116 valence electrons. The van der Waals surface area contributed by atoms with E-state index in [2.05, 4.69) is 4.90 Å². The number of thioether (sulfide) groups is 1. The van der Waals surface area contributed by atoms with Gasteiger partial charge in [-0.05, 0) is 49.8 Å². The number of likely N-dealkylation sites (tertiary alicyclic amines) is 1. The Morgan fingerprint density at radius 1 is 1.14 bits per heavy atom. The number of hydrogen-bond acceptors (Lipinski definition) is 4. The third-order valence-corrected chi connectivity index (χ3v) is 4.76. The van der Waals surface area contributed by atoms with E-state index < -0.39 is 5.82 Å². The van der Waals surface area contributed by atoms with Crippen molar-refractivity contribution in [2.24, 2.45) is 0 Å². The minimum Gasteiger partial charge on any atom is -0.286 e. The molecule has 0 N–H and O–H groups in total. The molecular weight excluding hydrogens is 303 g/mol. The standard InChI is InChI=1S/C16H17FN2O2S/c17-13-7-3-2-6-12(13)10-14-15(20)19(16(21)22-14)11-18-8-4-1-5-9-18/h2-3,6-7,10H,1,4-5,8-9,11H2/b14-10-. The van der Waals surface area contributed by atoms with Crippen LogP contribution in [0.1, 0.15) is 24.8 Å². The molecule has 0 aromatic heterocycles. The van der Waals surface area contributed by atoms with E-state index in [1.807, 2.05) is 0 Å². The Hall–Kier alpha value is -1.66. The number of halogens is 1. The quantitative estimate of drug-likeness (QED) is 0.801. The maximum absolute atomic E-state index is 13.7. The van der Waals surface area contributed by atoms with Crippen molar-refractivity contribution in [1.82, 2.24) is 9.80 Å². The van der Waals surface area contributed by atoms with E-state index in [1.165, 1.54) is 23.5 Å². The molecule has 0 atom stereocenters. The number of amides is 2. The summed E-state index contributed by atoms with van der Waals surface area (Å²) in [5.41, 5.74) is 0.325. The van der Waals surface area contributed by atoms with E-state index in [0.29, 0.717) is 12.2 Å². The van der Waals surface area contributed by atoms with Gasteiger partial charge in [-0.15, -0.1) is 0 Å². The summed E-state index contributed by atoms with van der Waals surface area (Å²) in [6.45, 7) is 2.15. The molecule has 2 aliphatic heterocycles. The van der Waals surface area contributed by atoms with Gasteiger partial charge in [-0.1, -0.05) is 24.6 Å². The second kappa shape index (κ2) is 6.62. The van der Waals surface area contributed by atoms with E-state index in [4.69, 9.17) is 0 Å². The molecule has 0 spiro atoms. The van der Waals surface area contributed by atoms with Crippen molar-refractivity contribution in [3.63, 3.8) is 0 Å². The van der Waals surface area contributed by atoms with E-state index in [9.17, 15) is 14.0 Å². The van der Waals surface area contributed by atoms with E-state index in [1.54, 1.807) is 18.2 Å². The van der Waals surface area contributed by atoms with Crippen LogP contribution in [0, 0.1) is 5.82 Å². The summed E-state index contributed by atoms with van der Waals surface area (Å²) in [6, 6.07) is 6.22. The highest BCUT2D eigenvalue weighted by Crippen LogP contribution is 2.32. The van der Waals surface area contributed by atoms with Gasteiger partial charge >= 0.3 is 0 Å². The Kier molecular flexibility index (Phi) is 4.59. The maximum atomic E-state index is 13.7. The van der Waals surface area contributed by atoms with Crippen molar-refractivity contribution >= 4 is 29.0 Å². The molecule has 0 aliphatic carbocycles. The van der Waals surface area contributed by atoms with Crippen LogP contribution in [0.15, 0.2) is 29.2 Å². The van der Waals surface area contributed by atoms with Gasteiger partial charge in [0.15, 0.2) is 0 Å². The number of carbonyl (C=O) groups excluding carboxylic acids is 2. The van der Waals surface area contributed by atoms with Gasteiger partial charge in [-0.2, -0.15) is 0 Å². The molecule has 3 rings (SSSR count). The Morgan fingerprint density at radius 2 is 1.86 bits per heavy atom. The van der Waals surface area contributed by atoms with Crippen LogP contribution in [0.2, 0.25) is 0 Å². The van der Waals surface area contributed by atoms with Crippen LogP contribution >= 0.6 is 11.8 Å². The number of imide groups is 1. The molecule has 1 aromatic carbocycles. The lowest BCUT2D eigenvalue weighted by atomic mass is 10.1. The zero-order valence-corrected chi connectivity index (χ0v) is 12.9. The molecule has 4 nitrogen and oxygen atoms in total. The fraction of sp³-hybridized carbons (Fsp3) is 0.375. The Morgan fingerprint density at radius 3 is 2.59 bits per heavy atom. The van der Waals surface area contributed by atoms with E-state index in [-0.39, 0.29) is 16.1 Å². The van der Waals surface area contributed by atoms with Crippen LogP contribution in [0.4, 0.5) is 9.18 Å². The monoisotopic (exact) mass is 320 g/mol. The van der Waals surface area contributed by atoms with E-state index in [0.717, 1.165) is 37.7 Å². The predicted molar refractivity (Wildman–Crippen MR) is 84.5 cm³/mol. The number of hydrogen-bond donors (Lipinski definition) is 0. The Balaban J connectivity index is 1.75. The van der Waals surface area contributed by atoms with Crippen LogP contribution in [0.25, 0.3) is 6.08 Å². The first kappa shape index (κ1) is 15.2. The molecule has 6 heteroatoms. The Labute approximate surface area is 133 Å². The third kappa shape index (κ3) is 3.23. The first-order valence-electron chi connectivity index (χ1n) is 7.37. The van der Waals surface area contributed by atoms with Crippen molar-refractivity contribution < 1.29 is 14.0 Å². The fourth-order valence-corrected chi connectivity index (χ4v) is 3.48. The summed E-state index contributed by atoms with van der Waals surface area (Å²) in [7, 11) is 0. The zero-order chi connectivity index (χ0) is 15.5. The van der Waals surface area contributed by atoms with Crippen LogP contribution in [-0.4, -0.2) is 40.7 Å². The first-order valence-corrected chi connectivity index (χ1v) is 8.19. The highest BCUT2D eigenvalue weighted by Gasteiger charge is 2.36. The van der Waals surface area contributed by atoms with Crippen LogP contribution in [0.3, 0.4) is 0 Å². The van der Waals surface area contributed by atoms with Gasteiger partial charge in [0.2, 0.25) is 0 Å². The Bertz CT molecular complexity index is 626. The summed E-state index contributed by atoms with van der Waals surface area (Å²) < 4.78 is 13.7. The van der Waals surface area contributed by atoms with E-state index >= 15 is 0 Å². The molecule has 2 heterocycles. The van der Waals surface area contributed by atoms with Crippen LogP contribution in [-0.2, 0) is 4.79 Å². The second-order valence-electron chi connectivity index (χ2n) is 5.45. The SMILES string of the molecule is O=C1S/C(=C\c2ccccc2F)C(=O)N1CN1CCCCC1. The maximum Gasteiger partial charge on any atom is 0.294 e. The largest absolute Gasteiger partial charge is 0.294 e. The molecule has 0 saturated carbocycles. The van der Waals surface area contributed by atoms with Crippen LogP contribution in [0.5, 0.6) is 0 Å².